The van der Waals surface area contributed by atoms with Crippen molar-refractivity contribution in [2.75, 3.05) is 31.3 Å². The van der Waals surface area contributed by atoms with E-state index in [1.165, 1.54) is 6.42 Å². The van der Waals surface area contributed by atoms with Crippen molar-refractivity contribution in [2.45, 2.75) is 19.3 Å². The van der Waals surface area contributed by atoms with Gasteiger partial charge >= 0.3 is 0 Å². The first kappa shape index (κ1) is 13.1. The Morgan fingerprint density at radius 2 is 2.22 bits per heavy atom. The zero-order valence-corrected chi connectivity index (χ0v) is 11.4. The quantitative estimate of drug-likeness (QED) is 0.596. The lowest BCUT2D eigenvalue weighted by Gasteiger charge is -2.01. The van der Waals surface area contributed by atoms with Crippen LogP contribution >= 0.6 is 11.3 Å². The molecule has 0 amide bonds. The fourth-order valence-electron chi connectivity index (χ4n) is 1.76. The van der Waals surface area contributed by atoms with Gasteiger partial charge in [-0.25, -0.2) is 4.98 Å². The molecule has 0 aliphatic rings. The number of ether oxygens (including phenoxy) is 1. The van der Waals surface area contributed by atoms with E-state index in [1.807, 2.05) is 18.2 Å². The molecule has 0 aliphatic heterocycles. The largest absolute Gasteiger partial charge is 0.399 e. The second-order valence-corrected chi connectivity index (χ2v) is 5.26. The summed E-state index contributed by atoms with van der Waals surface area (Å²) in [4.78, 5) is 4.51. The van der Waals surface area contributed by atoms with Gasteiger partial charge in [-0.1, -0.05) is 11.3 Å². The Morgan fingerprint density at radius 1 is 1.33 bits per heavy atom. The summed E-state index contributed by atoms with van der Waals surface area (Å²) >= 11 is 1.65. The summed E-state index contributed by atoms with van der Waals surface area (Å²) in [5, 5.41) is 4.33. The van der Waals surface area contributed by atoms with Crippen molar-refractivity contribution >= 4 is 32.4 Å². The molecule has 5 heteroatoms. The van der Waals surface area contributed by atoms with E-state index in [2.05, 4.69) is 10.3 Å². The number of aromatic nitrogens is 1. The molecule has 2 rings (SSSR count). The predicted molar refractivity (Wildman–Crippen MR) is 78.2 cm³/mol. The number of nitrogens with zero attached hydrogens (tertiary/aromatic N) is 1. The van der Waals surface area contributed by atoms with Crippen LogP contribution in [0.2, 0.25) is 0 Å². The van der Waals surface area contributed by atoms with Gasteiger partial charge in [-0.15, -0.1) is 0 Å². The van der Waals surface area contributed by atoms with Crippen LogP contribution in [0, 0.1) is 0 Å². The minimum atomic E-state index is 0.789. The number of anilines is 2. The lowest BCUT2D eigenvalue weighted by Crippen LogP contribution is -2.01. The van der Waals surface area contributed by atoms with E-state index in [0.29, 0.717) is 0 Å². The Labute approximate surface area is 111 Å². The van der Waals surface area contributed by atoms with Crippen LogP contribution in [-0.4, -0.2) is 25.2 Å². The third-order valence-corrected chi connectivity index (χ3v) is 3.69. The van der Waals surface area contributed by atoms with Crippen LogP contribution in [0.1, 0.15) is 19.3 Å². The van der Waals surface area contributed by atoms with Gasteiger partial charge in [-0.05, 0) is 37.5 Å². The van der Waals surface area contributed by atoms with Gasteiger partial charge in [-0.3, -0.25) is 0 Å². The van der Waals surface area contributed by atoms with Gasteiger partial charge in [0.2, 0.25) is 0 Å². The zero-order chi connectivity index (χ0) is 12.8. The third kappa shape index (κ3) is 3.58. The minimum absolute atomic E-state index is 0.789. The molecular weight excluding hydrogens is 246 g/mol. The number of thiazole rings is 1. The van der Waals surface area contributed by atoms with Crippen molar-refractivity contribution in [2.24, 2.45) is 0 Å². The lowest BCUT2D eigenvalue weighted by atomic mass is 10.2. The number of fused-ring (bicyclic) bond motifs is 1. The number of nitrogens with one attached hydrogen (secondary N) is 1. The standard InChI is InChI=1S/C13H19N3OS/c1-17-8-4-2-3-7-15-13-16-11-6-5-10(14)9-12(11)18-13/h5-6,9H,2-4,7-8,14H2,1H3,(H,15,16). The molecule has 0 saturated carbocycles. The van der Waals surface area contributed by atoms with Crippen LogP contribution in [0.4, 0.5) is 10.8 Å². The molecule has 0 spiro atoms. The lowest BCUT2D eigenvalue weighted by molar-refractivity contribution is 0.192. The molecule has 0 unspecified atom stereocenters. The van der Waals surface area contributed by atoms with E-state index >= 15 is 0 Å². The highest BCUT2D eigenvalue weighted by Gasteiger charge is 2.03. The third-order valence-electron chi connectivity index (χ3n) is 2.71. The summed E-state index contributed by atoms with van der Waals surface area (Å²) < 4.78 is 6.15. The van der Waals surface area contributed by atoms with Crippen LogP contribution < -0.4 is 11.1 Å². The molecule has 98 valence electrons. The molecule has 0 fully saturated rings. The molecule has 1 heterocycles. The molecule has 3 N–H and O–H groups in total. The Bertz CT molecular complexity index is 498. The Balaban J connectivity index is 1.81. The van der Waals surface area contributed by atoms with Gasteiger partial charge in [0.05, 0.1) is 10.2 Å². The van der Waals surface area contributed by atoms with Crippen LogP contribution in [-0.2, 0) is 4.74 Å². The number of hydrogen-bond acceptors (Lipinski definition) is 5. The summed E-state index contributed by atoms with van der Waals surface area (Å²) in [5.74, 6) is 0. The number of methoxy groups -OCH3 is 1. The second kappa shape index (κ2) is 6.56. The minimum Gasteiger partial charge on any atom is -0.399 e. The average Bonchev–Trinajstić information content (AvgIpc) is 2.75. The molecule has 0 atom stereocenters. The number of nitrogens with two attached hydrogens (primary N) is 1. The van der Waals surface area contributed by atoms with Gasteiger partial charge in [0.25, 0.3) is 0 Å². The molecule has 0 saturated heterocycles. The summed E-state index contributed by atoms with van der Waals surface area (Å²) in [7, 11) is 1.74. The van der Waals surface area contributed by atoms with Gasteiger partial charge < -0.3 is 15.8 Å². The monoisotopic (exact) mass is 265 g/mol. The molecule has 0 radical (unpaired) electrons. The predicted octanol–water partition coefficient (Wildman–Crippen LogP) is 3.11. The number of rotatable bonds is 7. The summed E-state index contributed by atoms with van der Waals surface area (Å²) in [6.45, 7) is 1.80. The van der Waals surface area contributed by atoms with Crippen molar-refractivity contribution in [1.82, 2.24) is 4.98 Å². The maximum atomic E-state index is 5.75. The highest BCUT2D eigenvalue weighted by atomic mass is 32.1. The van der Waals surface area contributed by atoms with E-state index in [4.69, 9.17) is 10.5 Å². The first-order valence-electron chi connectivity index (χ1n) is 6.18. The summed E-state index contributed by atoms with van der Waals surface area (Å²) in [6.07, 6.45) is 3.44. The Hall–Kier alpha value is -1.33. The molecule has 4 nitrogen and oxygen atoms in total. The normalized spacial score (nSPS) is 10.9. The van der Waals surface area contributed by atoms with Crippen LogP contribution in [0.5, 0.6) is 0 Å². The van der Waals surface area contributed by atoms with E-state index in [-0.39, 0.29) is 0 Å². The Kier molecular flexibility index (Phi) is 4.78. The van der Waals surface area contributed by atoms with Crippen LogP contribution in [0.15, 0.2) is 18.2 Å². The number of unbranched alkanes of at least 4 members (excludes halogenated alkanes) is 2. The fourth-order valence-corrected chi connectivity index (χ4v) is 2.70. The molecule has 0 aliphatic carbocycles. The van der Waals surface area contributed by atoms with Crippen molar-refractivity contribution in [3.05, 3.63) is 18.2 Å². The molecular formula is C13H19N3OS. The van der Waals surface area contributed by atoms with E-state index in [0.717, 1.165) is 47.0 Å². The molecule has 18 heavy (non-hydrogen) atoms. The van der Waals surface area contributed by atoms with Crippen LogP contribution in [0.3, 0.4) is 0 Å². The van der Waals surface area contributed by atoms with Crippen molar-refractivity contribution in [3.8, 4) is 0 Å². The smallest absolute Gasteiger partial charge is 0.183 e. The summed E-state index contributed by atoms with van der Waals surface area (Å²) in [6, 6.07) is 5.82. The average molecular weight is 265 g/mol. The highest BCUT2D eigenvalue weighted by Crippen LogP contribution is 2.27. The summed E-state index contributed by atoms with van der Waals surface area (Å²) in [5.41, 5.74) is 7.55. The SMILES string of the molecule is COCCCCCNc1nc2ccc(N)cc2s1. The van der Waals surface area contributed by atoms with E-state index < -0.39 is 0 Å². The van der Waals surface area contributed by atoms with E-state index in [1.54, 1.807) is 18.4 Å². The highest BCUT2D eigenvalue weighted by molar-refractivity contribution is 7.22. The first-order valence-corrected chi connectivity index (χ1v) is 7.00. The molecule has 1 aromatic heterocycles. The Morgan fingerprint density at radius 3 is 3.06 bits per heavy atom. The molecule has 0 bridgehead atoms. The van der Waals surface area contributed by atoms with Crippen molar-refractivity contribution in [3.63, 3.8) is 0 Å². The number of benzene rings is 1. The van der Waals surface area contributed by atoms with E-state index in [9.17, 15) is 0 Å². The maximum absolute atomic E-state index is 5.75. The second-order valence-electron chi connectivity index (χ2n) is 4.23. The fraction of sp³-hybridized carbons (Fsp3) is 0.462. The number of nitrogen functional groups attached to an aromatic ring is 1. The van der Waals surface area contributed by atoms with Crippen molar-refractivity contribution in [1.29, 1.82) is 0 Å². The molecule has 1 aromatic carbocycles. The topological polar surface area (TPSA) is 60.2 Å². The molecule has 2 aromatic rings. The van der Waals surface area contributed by atoms with Crippen LogP contribution in [0.25, 0.3) is 10.2 Å². The first-order chi connectivity index (χ1) is 8.79. The van der Waals surface area contributed by atoms with Crippen molar-refractivity contribution < 1.29 is 4.74 Å². The van der Waals surface area contributed by atoms with Gasteiger partial charge in [0.15, 0.2) is 5.13 Å². The van der Waals surface area contributed by atoms with Gasteiger partial charge in [0, 0.05) is 25.9 Å². The van der Waals surface area contributed by atoms with Gasteiger partial charge in [-0.2, -0.15) is 0 Å². The zero-order valence-electron chi connectivity index (χ0n) is 10.6. The van der Waals surface area contributed by atoms with Gasteiger partial charge in [0.1, 0.15) is 0 Å². The maximum Gasteiger partial charge on any atom is 0.183 e. The number of hydrogen-bond donors (Lipinski definition) is 2.